The van der Waals surface area contributed by atoms with E-state index in [0.717, 1.165) is 24.3 Å². The summed E-state index contributed by atoms with van der Waals surface area (Å²) in [7, 11) is 0. The van der Waals surface area contributed by atoms with E-state index >= 15 is 0 Å². The molecule has 0 atom stereocenters. The Morgan fingerprint density at radius 1 is 0.786 bits per heavy atom. The molecule has 2 aromatic rings. The Labute approximate surface area is 154 Å². The summed E-state index contributed by atoms with van der Waals surface area (Å²) in [5, 5.41) is 21.7. The summed E-state index contributed by atoms with van der Waals surface area (Å²) < 4.78 is 35.7. The normalized spacial score (nSPS) is 10.2. The highest BCUT2D eigenvalue weighted by Gasteiger charge is 2.22. The van der Waals surface area contributed by atoms with E-state index in [4.69, 9.17) is 0 Å². The third kappa shape index (κ3) is 5.27. The second-order valence-electron chi connectivity index (χ2n) is 5.19. The van der Waals surface area contributed by atoms with Crippen molar-refractivity contribution < 1.29 is 37.7 Å². The minimum atomic E-state index is -1.11. The highest BCUT2D eigenvalue weighted by atomic mass is 19.1. The van der Waals surface area contributed by atoms with Gasteiger partial charge in [0.25, 0.3) is 0 Å². The molecule has 0 bridgehead atoms. The Balaban J connectivity index is 2.00. The molecule has 2 rings (SSSR count). The Morgan fingerprint density at radius 2 is 1.14 bits per heavy atom. The lowest BCUT2D eigenvalue weighted by Crippen LogP contribution is -2.15. The van der Waals surface area contributed by atoms with Crippen molar-refractivity contribution in [3.05, 3.63) is 68.3 Å². The van der Waals surface area contributed by atoms with Crippen LogP contribution in [-0.4, -0.2) is 21.8 Å². The van der Waals surface area contributed by atoms with Gasteiger partial charge in [-0.05, 0) is 12.1 Å². The summed E-state index contributed by atoms with van der Waals surface area (Å²) in [5.41, 5.74) is -1.32. The van der Waals surface area contributed by atoms with Crippen molar-refractivity contribution in [3.63, 3.8) is 0 Å². The van der Waals surface area contributed by atoms with E-state index in [9.17, 15) is 38.6 Å². The third-order valence-electron chi connectivity index (χ3n) is 3.22. The van der Waals surface area contributed by atoms with E-state index in [2.05, 4.69) is 9.47 Å². The molecule has 0 fully saturated rings. The van der Waals surface area contributed by atoms with Crippen molar-refractivity contribution in [3.8, 4) is 11.5 Å². The fourth-order valence-corrected chi connectivity index (χ4v) is 1.99. The Morgan fingerprint density at radius 3 is 1.46 bits per heavy atom. The van der Waals surface area contributed by atoms with Gasteiger partial charge in [0.15, 0.2) is 0 Å². The number of benzene rings is 2. The van der Waals surface area contributed by atoms with Crippen LogP contribution >= 0.6 is 0 Å². The topological polar surface area (TPSA) is 139 Å². The van der Waals surface area contributed by atoms with E-state index in [1.807, 2.05) is 0 Å². The third-order valence-corrected chi connectivity index (χ3v) is 3.22. The number of nitro benzene ring substituents is 2. The summed E-state index contributed by atoms with van der Waals surface area (Å²) in [6, 6.07) is 4.47. The lowest BCUT2D eigenvalue weighted by Gasteiger charge is -2.06. The van der Waals surface area contributed by atoms with Gasteiger partial charge in [0, 0.05) is 24.3 Å². The van der Waals surface area contributed by atoms with Crippen LogP contribution in [-0.2, 0) is 9.59 Å². The molecule has 146 valence electrons. The molecule has 0 heterocycles. The van der Waals surface area contributed by atoms with Crippen molar-refractivity contribution in [2.24, 2.45) is 0 Å². The van der Waals surface area contributed by atoms with Gasteiger partial charge in [0.2, 0.25) is 11.5 Å². The highest BCUT2D eigenvalue weighted by Crippen LogP contribution is 2.29. The van der Waals surface area contributed by atoms with E-state index in [0.29, 0.717) is 12.1 Å². The molecule has 0 aliphatic rings. The molecule has 12 heteroatoms. The van der Waals surface area contributed by atoms with Crippen LogP contribution in [0.3, 0.4) is 0 Å². The zero-order valence-corrected chi connectivity index (χ0v) is 13.8. The number of esters is 2. The molecule has 28 heavy (non-hydrogen) atoms. The molecule has 0 aromatic heterocycles. The van der Waals surface area contributed by atoms with Gasteiger partial charge in [0.1, 0.15) is 11.6 Å². The predicted molar refractivity (Wildman–Crippen MR) is 86.6 cm³/mol. The maximum atomic E-state index is 13.2. The van der Waals surface area contributed by atoms with Crippen LogP contribution in [0.1, 0.15) is 12.8 Å². The minimum Gasteiger partial charge on any atom is -0.419 e. The summed E-state index contributed by atoms with van der Waals surface area (Å²) in [4.78, 5) is 43.4. The van der Waals surface area contributed by atoms with Gasteiger partial charge in [0.05, 0.1) is 22.7 Å². The van der Waals surface area contributed by atoms with E-state index in [1.54, 1.807) is 0 Å². The number of carbonyl (C=O) groups excluding carboxylic acids is 2. The fourth-order valence-electron chi connectivity index (χ4n) is 1.99. The quantitative estimate of drug-likeness (QED) is 0.301. The van der Waals surface area contributed by atoms with Crippen molar-refractivity contribution in [2.45, 2.75) is 12.8 Å². The molecular weight excluding hydrogens is 386 g/mol. The van der Waals surface area contributed by atoms with Crippen LogP contribution < -0.4 is 9.47 Å². The van der Waals surface area contributed by atoms with E-state index in [1.165, 1.54) is 0 Å². The molecule has 0 unspecified atom stereocenters. The van der Waals surface area contributed by atoms with Gasteiger partial charge in [-0.25, -0.2) is 8.78 Å². The molecule has 0 aliphatic heterocycles. The molecule has 0 radical (unpaired) electrons. The first-order chi connectivity index (χ1) is 13.2. The first-order valence-electron chi connectivity index (χ1n) is 7.46. The Bertz CT molecular complexity index is 886. The van der Waals surface area contributed by atoms with E-state index < -0.39 is 69.1 Å². The number of hydrogen-bond donors (Lipinski definition) is 0. The molecule has 2 aromatic carbocycles. The predicted octanol–water partition coefficient (Wildman–Crippen LogP) is 3.07. The molecule has 10 nitrogen and oxygen atoms in total. The minimum absolute atomic E-state index is 0.629. The molecule has 0 N–H and O–H groups in total. The number of hydrogen-bond acceptors (Lipinski definition) is 8. The highest BCUT2D eigenvalue weighted by molar-refractivity contribution is 5.81. The maximum absolute atomic E-state index is 13.2. The molecule has 0 aliphatic carbocycles. The second kappa shape index (κ2) is 8.62. The first kappa shape index (κ1) is 20.4. The maximum Gasteiger partial charge on any atom is 0.312 e. The fraction of sp³-hybridized carbons (Fsp3) is 0.125. The summed E-state index contributed by atoms with van der Waals surface area (Å²) >= 11 is 0. The molecule has 0 amide bonds. The zero-order valence-electron chi connectivity index (χ0n) is 13.8. The number of nitrogens with zero attached hydrogens (tertiary/aromatic N) is 2. The van der Waals surface area contributed by atoms with Gasteiger partial charge in [-0.1, -0.05) is 0 Å². The van der Waals surface area contributed by atoms with Gasteiger partial charge < -0.3 is 9.47 Å². The standard InChI is InChI=1S/C16H10F2N2O8/c17-9-1-3-11(19(23)24)13(7-9)27-15(21)5-6-16(22)28-14-8-10(18)2-4-12(14)20(25)26/h1-4,7-8H,5-6H2. The lowest BCUT2D eigenvalue weighted by atomic mass is 10.2. The summed E-state index contributed by atoms with van der Waals surface area (Å²) in [6.07, 6.45) is -1.26. The summed E-state index contributed by atoms with van der Waals surface area (Å²) in [6.45, 7) is 0. The van der Waals surface area contributed by atoms with Crippen LogP contribution in [0, 0.1) is 31.9 Å². The van der Waals surface area contributed by atoms with Crippen molar-refractivity contribution in [2.75, 3.05) is 0 Å². The van der Waals surface area contributed by atoms with Crippen molar-refractivity contribution in [1.82, 2.24) is 0 Å². The number of nitro groups is 2. The van der Waals surface area contributed by atoms with Crippen LogP contribution in [0.5, 0.6) is 11.5 Å². The molecular formula is C16H10F2N2O8. The van der Waals surface area contributed by atoms with Crippen LogP contribution in [0.2, 0.25) is 0 Å². The van der Waals surface area contributed by atoms with Crippen molar-refractivity contribution >= 4 is 23.3 Å². The average molecular weight is 396 g/mol. The first-order valence-corrected chi connectivity index (χ1v) is 7.46. The van der Waals surface area contributed by atoms with Gasteiger partial charge in [-0.2, -0.15) is 0 Å². The van der Waals surface area contributed by atoms with Crippen molar-refractivity contribution in [1.29, 1.82) is 0 Å². The molecule has 0 saturated carbocycles. The summed E-state index contributed by atoms with van der Waals surface area (Å²) in [5.74, 6) is -5.29. The number of ether oxygens (including phenoxy) is 2. The van der Waals surface area contributed by atoms with Gasteiger partial charge in [-0.3, -0.25) is 29.8 Å². The van der Waals surface area contributed by atoms with Gasteiger partial charge in [-0.15, -0.1) is 0 Å². The monoisotopic (exact) mass is 396 g/mol. The number of carbonyl (C=O) groups is 2. The molecule has 0 saturated heterocycles. The average Bonchev–Trinajstić information content (AvgIpc) is 2.59. The second-order valence-corrected chi connectivity index (χ2v) is 5.19. The molecule has 0 spiro atoms. The number of rotatable bonds is 7. The van der Waals surface area contributed by atoms with Crippen LogP contribution in [0.4, 0.5) is 20.2 Å². The SMILES string of the molecule is O=C(CCC(=O)Oc1cc(F)ccc1[N+](=O)[O-])Oc1cc(F)ccc1[N+](=O)[O-]. The lowest BCUT2D eigenvalue weighted by molar-refractivity contribution is -0.385. The zero-order chi connectivity index (χ0) is 20.8. The van der Waals surface area contributed by atoms with Gasteiger partial charge >= 0.3 is 23.3 Å². The van der Waals surface area contributed by atoms with E-state index in [-0.39, 0.29) is 0 Å². The Hall–Kier alpha value is -3.96. The largest absolute Gasteiger partial charge is 0.419 e. The Kier molecular flexibility index (Phi) is 6.26. The smallest absolute Gasteiger partial charge is 0.312 e. The van der Waals surface area contributed by atoms with Crippen LogP contribution in [0.15, 0.2) is 36.4 Å². The van der Waals surface area contributed by atoms with Crippen LogP contribution in [0.25, 0.3) is 0 Å². The number of halogens is 2.